The lowest BCUT2D eigenvalue weighted by atomic mass is 9.93. The third-order valence-corrected chi connectivity index (χ3v) is 3.74. The van der Waals surface area contributed by atoms with Crippen molar-refractivity contribution in [1.82, 2.24) is 4.90 Å². The van der Waals surface area contributed by atoms with Crippen molar-refractivity contribution in [3.63, 3.8) is 0 Å². The predicted octanol–water partition coefficient (Wildman–Crippen LogP) is 1.84. The summed E-state index contributed by atoms with van der Waals surface area (Å²) in [6, 6.07) is 2.01. The average Bonchev–Trinajstić information content (AvgIpc) is 2.98. The maximum atomic E-state index is 5.91. The fourth-order valence-corrected chi connectivity index (χ4v) is 2.18. The van der Waals surface area contributed by atoms with Crippen molar-refractivity contribution in [2.75, 3.05) is 13.6 Å². The van der Waals surface area contributed by atoms with Gasteiger partial charge in [-0.2, -0.15) is 0 Å². The maximum absolute atomic E-state index is 5.91. The summed E-state index contributed by atoms with van der Waals surface area (Å²) in [5, 5.41) is 0. The lowest BCUT2D eigenvalue weighted by molar-refractivity contribution is 0.112. The lowest BCUT2D eigenvalue weighted by Crippen LogP contribution is -2.51. The largest absolute Gasteiger partial charge is 0.472 e. The molecule has 1 saturated carbocycles. The van der Waals surface area contributed by atoms with Crippen LogP contribution in [0.15, 0.2) is 23.0 Å². The molecule has 0 spiro atoms. The van der Waals surface area contributed by atoms with Crippen LogP contribution in [0.1, 0.15) is 25.3 Å². The zero-order valence-electron chi connectivity index (χ0n) is 9.57. The molecule has 0 amide bonds. The van der Waals surface area contributed by atoms with Crippen molar-refractivity contribution in [3.05, 3.63) is 24.2 Å². The van der Waals surface area contributed by atoms with Crippen molar-refractivity contribution in [1.29, 1.82) is 0 Å². The number of furan rings is 1. The Balaban J connectivity index is 2.02. The van der Waals surface area contributed by atoms with E-state index in [0.29, 0.717) is 0 Å². The second-order valence-corrected chi connectivity index (χ2v) is 4.82. The molecule has 2 N–H and O–H groups in total. The van der Waals surface area contributed by atoms with Crippen LogP contribution in [0, 0.1) is 5.92 Å². The van der Waals surface area contributed by atoms with Gasteiger partial charge < -0.3 is 10.2 Å². The van der Waals surface area contributed by atoms with Crippen LogP contribution in [0.5, 0.6) is 0 Å². The molecule has 0 saturated heterocycles. The van der Waals surface area contributed by atoms with Crippen molar-refractivity contribution in [3.8, 4) is 0 Å². The summed E-state index contributed by atoms with van der Waals surface area (Å²) in [5.41, 5.74) is 7.28. The quantitative estimate of drug-likeness (QED) is 0.803. The van der Waals surface area contributed by atoms with Crippen molar-refractivity contribution < 1.29 is 4.42 Å². The van der Waals surface area contributed by atoms with Gasteiger partial charge in [0.1, 0.15) is 0 Å². The summed E-state index contributed by atoms with van der Waals surface area (Å²) in [6.07, 6.45) is 6.17. The van der Waals surface area contributed by atoms with Crippen LogP contribution in [0.4, 0.5) is 0 Å². The van der Waals surface area contributed by atoms with E-state index in [1.165, 1.54) is 18.4 Å². The van der Waals surface area contributed by atoms with Crippen LogP contribution in [-0.4, -0.2) is 24.0 Å². The van der Waals surface area contributed by atoms with Gasteiger partial charge in [0.2, 0.25) is 0 Å². The Labute approximate surface area is 91.2 Å². The maximum Gasteiger partial charge on any atom is 0.0947 e. The summed E-state index contributed by atoms with van der Waals surface area (Å²) in [5.74, 6) is 0.777. The topological polar surface area (TPSA) is 42.4 Å². The van der Waals surface area contributed by atoms with Gasteiger partial charge in [-0.25, -0.2) is 0 Å². The third kappa shape index (κ3) is 2.08. The second-order valence-electron chi connectivity index (χ2n) is 4.82. The van der Waals surface area contributed by atoms with Crippen LogP contribution in [-0.2, 0) is 6.54 Å². The van der Waals surface area contributed by atoms with Crippen molar-refractivity contribution in [2.45, 2.75) is 31.8 Å². The molecule has 3 nitrogen and oxygen atoms in total. The first kappa shape index (κ1) is 10.7. The Bertz CT molecular complexity index is 305. The average molecular weight is 208 g/mol. The Morgan fingerprint density at radius 1 is 1.60 bits per heavy atom. The molecule has 84 valence electrons. The smallest absolute Gasteiger partial charge is 0.0947 e. The Hall–Kier alpha value is -0.800. The molecule has 2 rings (SSSR count). The minimum atomic E-state index is 0.150. The van der Waals surface area contributed by atoms with Gasteiger partial charge in [0.05, 0.1) is 12.5 Å². The van der Waals surface area contributed by atoms with E-state index >= 15 is 0 Å². The number of nitrogens with zero attached hydrogens (tertiary/aromatic N) is 1. The van der Waals surface area contributed by atoms with E-state index in [4.69, 9.17) is 10.2 Å². The first-order valence-corrected chi connectivity index (χ1v) is 5.59. The molecule has 15 heavy (non-hydrogen) atoms. The molecule has 1 aliphatic carbocycles. The van der Waals surface area contributed by atoms with Crippen LogP contribution < -0.4 is 5.73 Å². The fraction of sp³-hybridized carbons (Fsp3) is 0.667. The molecule has 0 aliphatic heterocycles. The molecular weight excluding hydrogens is 188 g/mol. The number of likely N-dealkylation sites (N-methyl/N-ethyl adjacent to an activating group) is 1. The van der Waals surface area contributed by atoms with Crippen LogP contribution >= 0.6 is 0 Å². The van der Waals surface area contributed by atoms with Gasteiger partial charge in [-0.05, 0) is 38.8 Å². The molecule has 0 aromatic carbocycles. The SMILES string of the molecule is CN(Cc1ccoc1)C(C)(CN)C1CC1. The second kappa shape index (κ2) is 3.99. The number of hydrogen-bond donors (Lipinski definition) is 1. The van der Waals surface area contributed by atoms with Gasteiger partial charge in [-0.15, -0.1) is 0 Å². The van der Waals surface area contributed by atoms with Gasteiger partial charge in [0.15, 0.2) is 0 Å². The minimum absolute atomic E-state index is 0.150. The van der Waals surface area contributed by atoms with Gasteiger partial charge in [0, 0.05) is 24.2 Å². The Kier molecular flexibility index (Phi) is 2.85. The third-order valence-electron chi connectivity index (χ3n) is 3.74. The molecule has 1 fully saturated rings. The highest BCUT2D eigenvalue weighted by Crippen LogP contribution is 2.42. The molecule has 3 heteroatoms. The first-order chi connectivity index (χ1) is 7.16. The highest BCUT2D eigenvalue weighted by molar-refractivity contribution is 5.08. The fourth-order valence-electron chi connectivity index (χ4n) is 2.18. The summed E-state index contributed by atoms with van der Waals surface area (Å²) in [6.45, 7) is 3.91. The molecular formula is C12H20N2O. The molecule has 1 atom stereocenters. The standard InChI is InChI=1S/C12H20N2O/c1-12(9-13,11-3-4-11)14(2)7-10-5-6-15-8-10/h5-6,8,11H,3-4,7,9,13H2,1-2H3. The van der Waals surface area contributed by atoms with E-state index in [2.05, 4.69) is 18.9 Å². The van der Waals surface area contributed by atoms with Gasteiger partial charge in [-0.3, -0.25) is 4.90 Å². The van der Waals surface area contributed by atoms with Crippen molar-refractivity contribution >= 4 is 0 Å². The minimum Gasteiger partial charge on any atom is -0.472 e. The summed E-state index contributed by atoms with van der Waals surface area (Å²) >= 11 is 0. The molecule has 0 radical (unpaired) electrons. The van der Waals surface area contributed by atoms with E-state index in [1.807, 2.05) is 6.07 Å². The summed E-state index contributed by atoms with van der Waals surface area (Å²) < 4.78 is 5.08. The molecule has 1 aromatic rings. The van der Waals surface area contributed by atoms with Gasteiger partial charge in [0.25, 0.3) is 0 Å². The zero-order chi connectivity index (χ0) is 10.9. The van der Waals surface area contributed by atoms with Crippen molar-refractivity contribution in [2.24, 2.45) is 11.7 Å². The monoisotopic (exact) mass is 208 g/mol. The van der Waals surface area contributed by atoms with Crippen LogP contribution in [0.2, 0.25) is 0 Å². The number of nitrogens with two attached hydrogens (primary N) is 1. The number of rotatable bonds is 5. The normalized spacial score (nSPS) is 20.5. The first-order valence-electron chi connectivity index (χ1n) is 5.59. The van der Waals surface area contributed by atoms with E-state index in [1.54, 1.807) is 12.5 Å². The number of hydrogen-bond acceptors (Lipinski definition) is 3. The Morgan fingerprint density at radius 3 is 2.80 bits per heavy atom. The van der Waals surface area contributed by atoms with E-state index in [-0.39, 0.29) is 5.54 Å². The highest BCUT2D eigenvalue weighted by atomic mass is 16.3. The summed E-state index contributed by atoms with van der Waals surface area (Å²) in [4.78, 5) is 2.36. The predicted molar refractivity (Wildman–Crippen MR) is 60.4 cm³/mol. The highest BCUT2D eigenvalue weighted by Gasteiger charge is 2.43. The molecule has 0 bridgehead atoms. The van der Waals surface area contributed by atoms with Crippen LogP contribution in [0.25, 0.3) is 0 Å². The van der Waals surface area contributed by atoms with E-state index in [0.717, 1.165) is 19.0 Å². The molecule has 1 aromatic heterocycles. The van der Waals surface area contributed by atoms with Gasteiger partial charge >= 0.3 is 0 Å². The molecule has 1 unspecified atom stereocenters. The molecule has 1 aliphatic rings. The lowest BCUT2D eigenvalue weighted by Gasteiger charge is -2.38. The van der Waals surface area contributed by atoms with E-state index in [9.17, 15) is 0 Å². The van der Waals surface area contributed by atoms with E-state index < -0.39 is 0 Å². The molecule has 1 heterocycles. The Morgan fingerprint density at radius 2 is 2.33 bits per heavy atom. The summed E-state index contributed by atoms with van der Waals surface area (Å²) in [7, 11) is 2.15. The van der Waals surface area contributed by atoms with Crippen LogP contribution in [0.3, 0.4) is 0 Å². The van der Waals surface area contributed by atoms with Gasteiger partial charge in [-0.1, -0.05) is 0 Å². The zero-order valence-corrected chi connectivity index (χ0v) is 9.57.